The number of methoxy groups -OCH3 is 1. The smallest absolute Gasteiger partial charge is 0.421 e. The van der Waals surface area contributed by atoms with Crippen molar-refractivity contribution in [2.24, 2.45) is 11.8 Å². The average molecular weight is 266 g/mol. The molecule has 1 saturated heterocycles. The van der Waals surface area contributed by atoms with Crippen LogP contribution in [-0.4, -0.2) is 50.1 Å². The molecule has 1 fully saturated rings. The van der Waals surface area contributed by atoms with Gasteiger partial charge in [-0.05, 0) is 5.92 Å². The van der Waals surface area contributed by atoms with Gasteiger partial charge < -0.3 is 9.84 Å². The molecule has 1 unspecified atom stereocenters. The van der Waals surface area contributed by atoms with Crippen LogP contribution in [0.4, 0.5) is 4.79 Å². The van der Waals surface area contributed by atoms with E-state index in [0.717, 1.165) is 11.4 Å². The van der Waals surface area contributed by atoms with Crippen LogP contribution < -0.4 is 4.72 Å². The summed E-state index contributed by atoms with van der Waals surface area (Å²) in [5.74, 6) is -1.81. The fraction of sp³-hybridized carbons (Fsp3) is 0.750. The molecule has 1 aliphatic heterocycles. The molecular weight excluding hydrogens is 252 g/mol. The molecule has 0 radical (unpaired) electrons. The lowest BCUT2D eigenvalue weighted by Crippen LogP contribution is -2.57. The molecule has 0 spiro atoms. The summed E-state index contributed by atoms with van der Waals surface area (Å²) >= 11 is 0. The maximum Gasteiger partial charge on any atom is 0.421 e. The zero-order valence-corrected chi connectivity index (χ0v) is 10.2. The summed E-state index contributed by atoms with van der Waals surface area (Å²) in [6.45, 7) is 1.68. The fourth-order valence-electron chi connectivity index (χ4n) is 1.40. The minimum atomic E-state index is -3.91. The lowest BCUT2D eigenvalue weighted by molar-refractivity contribution is -0.144. The van der Waals surface area contributed by atoms with Crippen molar-refractivity contribution in [2.45, 2.75) is 6.92 Å². The summed E-state index contributed by atoms with van der Waals surface area (Å²) in [7, 11) is -2.86. The number of carbonyl (C=O) groups is 2. The van der Waals surface area contributed by atoms with Crippen molar-refractivity contribution in [1.29, 1.82) is 0 Å². The number of amides is 1. The van der Waals surface area contributed by atoms with Gasteiger partial charge in [0.15, 0.2) is 0 Å². The Morgan fingerprint density at radius 2 is 2.00 bits per heavy atom. The Balaban J connectivity index is 2.52. The Bertz CT molecular complexity index is 414. The molecular formula is C8H14N2O6S. The Morgan fingerprint density at radius 1 is 1.47 bits per heavy atom. The van der Waals surface area contributed by atoms with Crippen LogP contribution in [0.2, 0.25) is 0 Å². The maximum absolute atomic E-state index is 11.5. The number of hydrogen-bond donors (Lipinski definition) is 2. The zero-order valence-electron chi connectivity index (χ0n) is 9.41. The van der Waals surface area contributed by atoms with Crippen molar-refractivity contribution in [3.8, 4) is 0 Å². The van der Waals surface area contributed by atoms with Gasteiger partial charge in [0, 0.05) is 13.1 Å². The number of carboxylic acids is 1. The van der Waals surface area contributed by atoms with E-state index in [9.17, 15) is 18.0 Å². The third-order valence-electron chi connectivity index (χ3n) is 2.71. The van der Waals surface area contributed by atoms with Gasteiger partial charge in [-0.15, -0.1) is 0 Å². The van der Waals surface area contributed by atoms with E-state index < -0.39 is 28.2 Å². The van der Waals surface area contributed by atoms with Crippen LogP contribution in [-0.2, 0) is 19.7 Å². The van der Waals surface area contributed by atoms with Gasteiger partial charge >= 0.3 is 22.3 Å². The van der Waals surface area contributed by atoms with Crippen molar-refractivity contribution < 1.29 is 27.9 Å². The number of nitrogens with one attached hydrogen (secondary N) is 1. The first-order valence-electron chi connectivity index (χ1n) is 4.86. The van der Waals surface area contributed by atoms with E-state index in [2.05, 4.69) is 4.74 Å². The van der Waals surface area contributed by atoms with Crippen molar-refractivity contribution >= 4 is 22.3 Å². The van der Waals surface area contributed by atoms with Crippen LogP contribution in [0.25, 0.3) is 0 Å². The second-order valence-corrected chi connectivity index (χ2v) is 5.47. The van der Waals surface area contributed by atoms with Crippen LogP contribution >= 0.6 is 0 Å². The highest BCUT2D eigenvalue weighted by atomic mass is 32.2. The third kappa shape index (κ3) is 3.07. The number of carbonyl (C=O) groups excluding carboxylic acids is 1. The first kappa shape index (κ1) is 13.7. The summed E-state index contributed by atoms with van der Waals surface area (Å²) in [5, 5.41) is 8.73. The second kappa shape index (κ2) is 4.88. The summed E-state index contributed by atoms with van der Waals surface area (Å²) in [4.78, 5) is 21.4. The van der Waals surface area contributed by atoms with Crippen LogP contribution in [0.1, 0.15) is 6.92 Å². The largest absolute Gasteiger partial charge is 0.481 e. The SMILES string of the molecule is COC(=O)NS(=O)(=O)N1CC(C(C)C(=O)O)C1. The van der Waals surface area contributed by atoms with Gasteiger partial charge in [0.1, 0.15) is 0 Å². The van der Waals surface area contributed by atoms with E-state index in [0.29, 0.717) is 0 Å². The Morgan fingerprint density at radius 3 is 2.41 bits per heavy atom. The highest BCUT2D eigenvalue weighted by Gasteiger charge is 2.41. The number of nitrogens with zero attached hydrogens (tertiary/aromatic N) is 1. The minimum absolute atomic E-state index is 0.0831. The second-order valence-electron chi connectivity index (χ2n) is 3.80. The van der Waals surface area contributed by atoms with Gasteiger partial charge in [0.05, 0.1) is 13.0 Å². The van der Waals surface area contributed by atoms with Crippen LogP contribution in [0.3, 0.4) is 0 Å². The standard InChI is InChI=1S/C8H14N2O6S/c1-5(7(11)12)6-3-10(4-6)17(14,15)9-8(13)16-2/h5-6H,3-4H2,1-2H3,(H,9,13)(H,11,12). The molecule has 0 saturated carbocycles. The molecule has 1 amide bonds. The zero-order chi connectivity index (χ0) is 13.2. The van der Waals surface area contributed by atoms with Crippen molar-refractivity contribution in [2.75, 3.05) is 20.2 Å². The molecule has 1 heterocycles. The van der Waals surface area contributed by atoms with Gasteiger partial charge in [-0.25, -0.2) is 9.52 Å². The van der Waals surface area contributed by atoms with E-state index in [1.165, 1.54) is 6.92 Å². The number of rotatable bonds is 4. The molecule has 2 N–H and O–H groups in total. The molecule has 8 nitrogen and oxygen atoms in total. The average Bonchev–Trinajstić information content (AvgIpc) is 2.13. The molecule has 17 heavy (non-hydrogen) atoms. The maximum atomic E-state index is 11.5. The monoisotopic (exact) mass is 266 g/mol. The molecule has 98 valence electrons. The van der Waals surface area contributed by atoms with Gasteiger partial charge in [-0.2, -0.15) is 12.7 Å². The summed E-state index contributed by atoms with van der Waals surface area (Å²) < 4.78 is 29.8. The molecule has 1 rings (SSSR count). The molecule has 0 aromatic heterocycles. The van der Waals surface area contributed by atoms with Crippen molar-refractivity contribution in [3.63, 3.8) is 0 Å². The van der Waals surface area contributed by atoms with Crippen molar-refractivity contribution in [3.05, 3.63) is 0 Å². The third-order valence-corrected chi connectivity index (χ3v) is 4.11. The van der Waals surface area contributed by atoms with Crippen LogP contribution in [0, 0.1) is 11.8 Å². The Hall–Kier alpha value is -1.35. The predicted octanol–water partition coefficient (Wildman–Crippen LogP) is -0.760. The van der Waals surface area contributed by atoms with Crippen LogP contribution in [0.15, 0.2) is 0 Å². The molecule has 1 aliphatic rings. The predicted molar refractivity (Wildman–Crippen MR) is 56.3 cm³/mol. The van der Waals surface area contributed by atoms with Gasteiger partial charge in [-0.3, -0.25) is 4.79 Å². The van der Waals surface area contributed by atoms with Gasteiger partial charge in [0.2, 0.25) is 0 Å². The molecule has 0 aliphatic carbocycles. The minimum Gasteiger partial charge on any atom is -0.481 e. The first-order valence-corrected chi connectivity index (χ1v) is 6.30. The lowest BCUT2D eigenvalue weighted by atomic mass is 9.89. The van der Waals surface area contributed by atoms with Crippen LogP contribution in [0.5, 0.6) is 0 Å². The summed E-state index contributed by atoms with van der Waals surface area (Å²) in [5.41, 5.74) is 0. The quantitative estimate of drug-likeness (QED) is 0.691. The normalized spacial score (nSPS) is 19.2. The van der Waals surface area contributed by atoms with Gasteiger partial charge in [-0.1, -0.05) is 6.92 Å². The molecule has 0 aromatic carbocycles. The fourth-order valence-corrected chi connectivity index (χ4v) is 2.59. The number of aliphatic carboxylic acids is 1. The summed E-state index contributed by atoms with van der Waals surface area (Å²) in [6, 6.07) is 0. The summed E-state index contributed by atoms with van der Waals surface area (Å²) in [6.07, 6.45) is -1.07. The van der Waals surface area contributed by atoms with E-state index in [4.69, 9.17) is 5.11 Å². The molecule has 9 heteroatoms. The van der Waals surface area contributed by atoms with Gasteiger partial charge in [0.25, 0.3) is 0 Å². The molecule has 0 aromatic rings. The van der Waals surface area contributed by atoms with E-state index >= 15 is 0 Å². The lowest BCUT2D eigenvalue weighted by Gasteiger charge is -2.39. The molecule has 1 atom stereocenters. The Labute approximate surface area is 98.7 Å². The van der Waals surface area contributed by atoms with Crippen molar-refractivity contribution in [1.82, 2.24) is 9.03 Å². The number of carboxylic acid groups (broad SMARTS) is 1. The number of ether oxygens (including phenoxy) is 1. The highest BCUT2D eigenvalue weighted by Crippen LogP contribution is 2.25. The topological polar surface area (TPSA) is 113 Å². The Kier molecular flexibility index (Phi) is 3.94. The van der Waals surface area contributed by atoms with E-state index in [1.54, 1.807) is 4.72 Å². The highest BCUT2D eigenvalue weighted by molar-refractivity contribution is 7.87. The van der Waals surface area contributed by atoms with E-state index in [1.807, 2.05) is 0 Å². The molecule has 0 bridgehead atoms. The number of hydrogen-bond acceptors (Lipinski definition) is 5. The first-order chi connectivity index (χ1) is 7.77. The van der Waals surface area contributed by atoms with E-state index in [-0.39, 0.29) is 19.0 Å².